The summed E-state index contributed by atoms with van der Waals surface area (Å²) >= 11 is 0. The van der Waals surface area contributed by atoms with Crippen LogP contribution in [-0.4, -0.2) is 19.0 Å². The molecule has 0 aliphatic rings. The highest BCUT2D eigenvalue weighted by Gasteiger charge is 2.12. The molecule has 0 aliphatic heterocycles. The minimum absolute atomic E-state index is 0.0192. The second kappa shape index (κ2) is 5.46. The molecule has 1 amide bonds. The fraction of sp³-hybridized carbons (Fsp3) is 0.231. The van der Waals surface area contributed by atoms with Gasteiger partial charge in [-0.25, -0.2) is 4.79 Å². The lowest BCUT2D eigenvalue weighted by Gasteiger charge is -2.04. The molecule has 1 aromatic heterocycles. The van der Waals surface area contributed by atoms with Gasteiger partial charge in [0.2, 0.25) is 0 Å². The number of nitrogens with one attached hydrogen (secondary N) is 1. The molecule has 5 heteroatoms. The number of benzene rings is 1. The monoisotopic (exact) mass is 246 g/mol. The first-order valence-electron chi connectivity index (χ1n) is 5.73. The van der Waals surface area contributed by atoms with Gasteiger partial charge in [0, 0.05) is 11.9 Å². The van der Waals surface area contributed by atoms with Crippen molar-refractivity contribution in [3.63, 3.8) is 0 Å². The van der Waals surface area contributed by atoms with Crippen LogP contribution in [0.25, 0.3) is 11.0 Å². The maximum atomic E-state index is 11.8. The van der Waals surface area contributed by atoms with Crippen molar-refractivity contribution in [2.75, 3.05) is 13.1 Å². The van der Waals surface area contributed by atoms with E-state index in [0.29, 0.717) is 25.1 Å². The Morgan fingerprint density at radius 3 is 2.89 bits per heavy atom. The Kier molecular flexibility index (Phi) is 3.74. The lowest BCUT2D eigenvalue weighted by Crippen LogP contribution is -2.29. The number of rotatable bonds is 4. The Bertz CT molecular complexity index is 619. The molecule has 0 bridgehead atoms. The highest BCUT2D eigenvalue weighted by atomic mass is 16.4. The molecule has 0 atom stereocenters. The maximum absolute atomic E-state index is 11.8. The topological polar surface area (TPSA) is 85.3 Å². The van der Waals surface area contributed by atoms with Crippen LogP contribution < -0.4 is 16.7 Å². The molecule has 94 valence electrons. The Labute approximate surface area is 104 Å². The van der Waals surface area contributed by atoms with Gasteiger partial charge in [-0.05, 0) is 25.1 Å². The van der Waals surface area contributed by atoms with Crippen LogP contribution in [0.15, 0.2) is 39.5 Å². The van der Waals surface area contributed by atoms with Gasteiger partial charge in [-0.3, -0.25) is 4.79 Å². The smallest absolute Gasteiger partial charge is 0.349 e. The molecule has 18 heavy (non-hydrogen) atoms. The van der Waals surface area contributed by atoms with Crippen LogP contribution in [0.2, 0.25) is 0 Å². The van der Waals surface area contributed by atoms with Crippen LogP contribution in [0.1, 0.15) is 16.8 Å². The number of para-hydroxylation sites is 1. The summed E-state index contributed by atoms with van der Waals surface area (Å²) < 4.78 is 5.08. The van der Waals surface area contributed by atoms with Crippen LogP contribution in [0.4, 0.5) is 0 Å². The van der Waals surface area contributed by atoms with Gasteiger partial charge < -0.3 is 15.5 Å². The maximum Gasteiger partial charge on any atom is 0.349 e. The average Bonchev–Trinajstić information content (AvgIpc) is 2.38. The number of carbonyl (C=O) groups excluding carboxylic acids is 1. The predicted molar refractivity (Wildman–Crippen MR) is 68.5 cm³/mol. The molecule has 0 aliphatic carbocycles. The van der Waals surface area contributed by atoms with Gasteiger partial charge in [-0.15, -0.1) is 0 Å². The second-order valence-corrected chi connectivity index (χ2v) is 3.88. The van der Waals surface area contributed by atoms with Crippen molar-refractivity contribution in [1.82, 2.24) is 5.32 Å². The van der Waals surface area contributed by atoms with E-state index >= 15 is 0 Å². The predicted octanol–water partition coefficient (Wildman–Crippen LogP) is 0.872. The van der Waals surface area contributed by atoms with Crippen molar-refractivity contribution in [3.05, 3.63) is 46.3 Å². The SMILES string of the molecule is NCCCNC(=O)c1cc2ccccc2oc1=O. The van der Waals surface area contributed by atoms with Crippen molar-refractivity contribution in [2.24, 2.45) is 5.73 Å². The van der Waals surface area contributed by atoms with E-state index in [2.05, 4.69) is 5.32 Å². The molecule has 5 nitrogen and oxygen atoms in total. The van der Waals surface area contributed by atoms with Crippen molar-refractivity contribution in [2.45, 2.75) is 6.42 Å². The standard InChI is InChI=1S/C13H14N2O3/c14-6-3-7-15-12(16)10-8-9-4-1-2-5-11(9)18-13(10)17/h1-2,4-5,8H,3,6-7,14H2,(H,15,16). The first-order valence-corrected chi connectivity index (χ1v) is 5.73. The van der Waals surface area contributed by atoms with Gasteiger partial charge in [-0.1, -0.05) is 18.2 Å². The van der Waals surface area contributed by atoms with Gasteiger partial charge in [-0.2, -0.15) is 0 Å². The van der Waals surface area contributed by atoms with E-state index in [4.69, 9.17) is 10.2 Å². The highest BCUT2D eigenvalue weighted by Crippen LogP contribution is 2.12. The third-order valence-corrected chi connectivity index (χ3v) is 2.55. The van der Waals surface area contributed by atoms with Crippen molar-refractivity contribution in [1.29, 1.82) is 0 Å². The number of hydrogen-bond acceptors (Lipinski definition) is 4. The summed E-state index contributed by atoms with van der Waals surface area (Å²) in [4.78, 5) is 23.4. The molecule has 2 aromatic rings. The zero-order valence-corrected chi connectivity index (χ0v) is 9.81. The molecule has 0 spiro atoms. The molecule has 0 saturated carbocycles. The highest BCUT2D eigenvalue weighted by molar-refractivity contribution is 5.96. The number of nitrogens with two attached hydrogens (primary N) is 1. The quantitative estimate of drug-likeness (QED) is 0.619. The van der Waals surface area contributed by atoms with Crippen LogP contribution >= 0.6 is 0 Å². The van der Waals surface area contributed by atoms with E-state index in [9.17, 15) is 9.59 Å². The normalized spacial score (nSPS) is 10.5. The summed E-state index contributed by atoms with van der Waals surface area (Å²) in [5.74, 6) is -0.428. The van der Waals surface area contributed by atoms with Gasteiger partial charge in [0.05, 0.1) is 0 Å². The molecule has 3 N–H and O–H groups in total. The van der Waals surface area contributed by atoms with Gasteiger partial charge in [0.25, 0.3) is 5.91 Å². The molecule has 0 unspecified atom stereocenters. The third-order valence-electron chi connectivity index (χ3n) is 2.55. The molecule has 0 saturated heterocycles. The first-order chi connectivity index (χ1) is 8.72. The summed E-state index contributed by atoms with van der Waals surface area (Å²) in [5, 5.41) is 3.35. The Morgan fingerprint density at radius 2 is 2.11 bits per heavy atom. The number of carbonyl (C=O) groups is 1. The fourth-order valence-corrected chi connectivity index (χ4v) is 1.62. The zero-order chi connectivity index (χ0) is 13.0. The zero-order valence-electron chi connectivity index (χ0n) is 9.81. The number of amides is 1. The summed E-state index contributed by atoms with van der Waals surface area (Å²) in [6, 6.07) is 8.60. The largest absolute Gasteiger partial charge is 0.422 e. The van der Waals surface area contributed by atoms with Crippen LogP contribution in [0.3, 0.4) is 0 Å². The van der Waals surface area contributed by atoms with E-state index in [1.807, 2.05) is 6.07 Å². The van der Waals surface area contributed by atoms with Gasteiger partial charge in [0.15, 0.2) is 0 Å². The summed E-state index contributed by atoms with van der Waals surface area (Å²) in [6.45, 7) is 0.939. The van der Waals surface area contributed by atoms with Crippen molar-refractivity contribution >= 4 is 16.9 Å². The molecule has 1 heterocycles. The van der Waals surface area contributed by atoms with E-state index < -0.39 is 11.5 Å². The molecular weight excluding hydrogens is 232 g/mol. The van der Waals surface area contributed by atoms with E-state index in [-0.39, 0.29) is 5.56 Å². The fourth-order valence-electron chi connectivity index (χ4n) is 1.62. The molecule has 0 radical (unpaired) electrons. The van der Waals surface area contributed by atoms with Gasteiger partial charge >= 0.3 is 5.63 Å². The molecule has 0 fully saturated rings. The number of hydrogen-bond donors (Lipinski definition) is 2. The average molecular weight is 246 g/mol. The van der Waals surface area contributed by atoms with Crippen LogP contribution in [0, 0.1) is 0 Å². The van der Waals surface area contributed by atoms with E-state index in [1.54, 1.807) is 24.3 Å². The van der Waals surface area contributed by atoms with Crippen molar-refractivity contribution < 1.29 is 9.21 Å². The number of fused-ring (bicyclic) bond motifs is 1. The lowest BCUT2D eigenvalue weighted by atomic mass is 10.2. The Balaban J connectivity index is 2.30. The van der Waals surface area contributed by atoms with Crippen LogP contribution in [0.5, 0.6) is 0 Å². The van der Waals surface area contributed by atoms with E-state index in [1.165, 1.54) is 0 Å². The first kappa shape index (κ1) is 12.3. The van der Waals surface area contributed by atoms with E-state index in [0.717, 1.165) is 5.39 Å². The molecular formula is C13H14N2O3. The molecule has 1 aromatic carbocycles. The summed E-state index contributed by atoms with van der Waals surface area (Å²) in [5.41, 5.74) is 5.19. The van der Waals surface area contributed by atoms with Crippen LogP contribution in [-0.2, 0) is 0 Å². The minimum Gasteiger partial charge on any atom is -0.422 e. The Morgan fingerprint density at radius 1 is 1.33 bits per heavy atom. The lowest BCUT2D eigenvalue weighted by molar-refractivity contribution is 0.0950. The Hall–Kier alpha value is -2.14. The minimum atomic E-state index is -0.626. The molecule has 2 rings (SSSR count). The second-order valence-electron chi connectivity index (χ2n) is 3.88. The summed E-state index contributed by atoms with van der Waals surface area (Å²) in [7, 11) is 0. The van der Waals surface area contributed by atoms with Crippen molar-refractivity contribution in [3.8, 4) is 0 Å². The summed E-state index contributed by atoms with van der Waals surface area (Å²) in [6.07, 6.45) is 0.671. The van der Waals surface area contributed by atoms with Gasteiger partial charge in [0.1, 0.15) is 11.1 Å². The third kappa shape index (κ3) is 2.57.